The first-order valence-electron chi connectivity index (χ1n) is 5.21. The van der Waals surface area contributed by atoms with Gasteiger partial charge in [0.25, 0.3) is 0 Å². The van der Waals surface area contributed by atoms with Crippen LogP contribution in [0.15, 0.2) is 41.6 Å². The predicted molar refractivity (Wildman–Crippen MR) is 65.6 cm³/mol. The van der Waals surface area contributed by atoms with Crippen LogP contribution in [0.2, 0.25) is 0 Å². The van der Waals surface area contributed by atoms with Crippen LogP contribution >= 0.6 is 11.8 Å². The fraction of sp³-hybridized carbons (Fsp3) is 0.250. The molecule has 1 aromatic heterocycles. The van der Waals surface area contributed by atoms with Crippen molar-refractivity contribution in [3.05, 3.63) is 42.5 Å². The van der Waals surface area contributed by atoms with Gasteiger partial charge in [0.15, 0.2) is 0 Å². The monoisotopic (exact) mass is 234 g/mol. The van der Waals surface area contributed by atoms with Gasteiger partial charge in [0.2, 0.25) is 0 Å². The van der Waals surface area contributed by atoms with Crippen molar-refractivity contribution < 1.29 is 5.11 Å². The summed E-state index contributed by atoms with van der Waals surface area (Å²) in [4.78, 5) is 5.36. The minimum Gasteiger partial charge on any atom is -0.508 e. The second kappa shape index (κ2) is 5.07. The molecule has 84 valence electrons. The second-order valence-corrected chi connectivity index (χ2v) is 4.46. The van der Waals surface area contributed by atoms with Gasteiger partial charge in [-0.3, -0.25) is 0 Å². The Hall–Kier alpha value is -1.42. The molecule has 1 aromatic carbocycles. The molecule has 0 saturated heterocycles. The van der Waals surface area contributed by atoms with Gasteiger partial charge in [-0.2, -0.15) is 0 Å². The SMILES string of the molecule is CCn1ccnc1CSc1cccc(O)c1. The molecule has 0 amide bonds. The summed E-state index contributed by atoms with van der Waals surface area (Å²) in [5, 5.41) is 9.34. The lowest BCUT2D eigenvalue weighted by molar-refractivity contribution is 0.474. The fourth-order valence-corrected chi connectivity index (χ4v) is 2.40. The van der Waals surface area contributed by atoms with Gasteiger partial charge in [-0.1, -0.05) is 6.07 Å². The smallest absolute Gasteiger partial charge is 0.119 e. The number of phenolic OH excluding ortho intramolecular Hbond substituents is 1. The lowest BCUT2D eigenvalue weighted by atomic mass is 10.3. The molecule has 0 spiro atoms. The summed E-state index contributed by atoms with van der Waals surface area (Å²) < 4.78 is 2.12. The summed E-state index contributed by atoms with van der Waals surface area (Å²) in [5.41, 5.74) is 0. The molecule has 1 N–H and O–H groups in total. The van der Waals surface area contributed by atoms with Crippen LogP contribution in [0.3, 0.4) is 0 Å². The van der Waals surface area contributed by atoms with Crippen molar-refractivity contribution in [1.29, 1.82) is 0 Å². The maximum absolute atomic E-state index is 9.34. The number of phenols is 1. The molecular weight excluding hydrogens is 220 g/mol. The molecule has 0 atom stereocenters. The standard InChI is InChI=1S/C12H14N2OS/c1-2-14-7-6-13-12(14)9-16-11-5-3-4-10(15)8-11/h3-8,15H,2,9H2,1H3. The highest BCUT2D eigenvalue weighted by atomic mass is 32.2. The van der Waals surface area contributed by atoms with Crippen LogP contribution in [-0.4, -0.2) is 14.7 Å². The average molecular weight is 234 g/mol. The number of hydrogen-bond acceptors (Lipinski definition) is 3. The van der Waals surface area contributed by atoms with Gasteiger partial charge in [0, 0.05) is 23.8 Å². The highest BCUT2D eigenvalue weighted by Crippen LogP contribution is 2.24. The van der Waals surface area contributed by atoms with Crippen LogP contribution in [0.5, 0.6) is 5.75 Å². The number of nitrogens with zero attached hydrogens (tertiary/aromatic N) is 2. The van der Waals surface area contributed by atoms with Crippen LogP contribution in [0, 0.1) is 0 Å². The molecule has 0 aliphatic carbocycles. The van der Waals surface area contributed by atoms with E-state index in [1.54, 1.807) is 23.9 Å². The van der Waals surface area contributed by atoms with E-state index in [0.717, 1.165) is 23.0 Å². The van der Waals surface area contributed by atoms with Gasteiger partial charge in [-0.05, 0) is 25.1 Å². The Morgan fingerprint density at radius 3 is 3.06 bits per heavy atom. The number of benzene rings is 1. The van der Waals surface area contributed by atoms with E-state index >= 15 is 0 Å². The Bertz CT molecular complexity index is 468. The Labute approximate surface area is 99.1 Å². The average Bonchev–Trinajstić information content (AvgIpc) is 2.74. The molecule has 2 aromatic rings. The molecule has 2 rings (SSSR count). The summed E-state index contributed by atoms with van der Waals surface area (Å²) >= 11 is 1.68. The maximum atomic E-state index is 9.34. The van der Waals surface area contributed by atoms with E-state index in [-0.39, 0.29) is 0 Å². The van der Waals surface area contributed by atoms with E-state index in [1.165, 1.54) is 0 Å². The van der Waals surface area contributed by atoms with Gasteiger partial charge >= 0.3 is 0 Å². The maximum Gasteiger partial charge on any atom is 0.119 e. The molecule has 16 heavy (non-hydrogen) atoms. The zero-order valence-corrected chi connectivity index (χ0v) is 9.94. The first-order chi connectivity index (χ1) is 7.79. The largest absolute Gasteiger partial charge is 0.508 e. The van der Waals surface area contributed by atoms with Crippen molar-refractivity contribution in [3.63, 3.8) is 0 Å². The first-order valence-corrected chi connectivity index (χ1v) is 6.20. The Kier molecular flexibility index (Phi) is 3.51. The third kappa shape index (κ3) is 2.58. The van der Waals surface area contributed by atoms with Gasteiger partial charge < -0.3 is 9.67 Å². The number of hydrogen-bond donors (Lipinski definition) is 1. The fourth-order valence-electron chi connectivity index (χ4n) is 1.49. The molecule has 0 radical (unpaired) electrons. The Morgan fingerprint density at radius 2 is 2.31 bits per heavy atom. The van der Waals surface area contributed by atoms with Crippen molar-refractivity contribution in [3.8, 4) is 5.75 Å². The number of aromatic nitrogens is 2. The van der Waals surface area contributed by atoms with Crippen LogP contribution < -0.4 is 0 Å². The normalized spacial score (nSPS) is 10.6. The van der Waals surface area contributed by atoms with Gasteiger partial charge in [0.05, 0.1) is 5.75 Å². The van der Waals surface area contributed by atoms with E-state index in [4.69, 9.17) is 0 Å². The quantitative estimate of drug-likeness (QED) is 0.827. The summed E-state index contributed by atoms with van der Waals surface area (Å²) in [6, 6.07) is 7.29. The lowest BCUT2D eigenvalue weighted by Gasteiger charge is -2.04. The molecule has 0 aliphatic heterocycles. The van der Waals surface area contributed by atoms with Crippen molar-refractivity contribution in [1.82, 2.24) is 9.55 Å². The number of imidazole rings is 1. The molecule has 0 unspecified atom stereocenters. The Balaban J connectivity index is 2.02. The molecule has 0 fully saturated rings. The van der Waals surface area contributed by atoms with Crippen molar-refractivity contribution in [2.75, 3.05) is 0 Å². The van der Waals surface area contributed by atoms with Gasteiger partial charge in [0.1, 0.15) is 11.6 Å². The number of rotatable bonds is 4. The number of aryl methyl sites for hydroxylation is 1. The zero-order chi connectivity index (χ0) is 11.4. The van der Waals surface area contributed by atoms with E-state index in [9.17, 15) is 5.11 Å². The highest BCUT2D eigenvalue weighted by Gasteiger charge is 2.02. The molecule has 1 heterocycles. The lowest BCUT2D eigenvalue weighted by Crippen LogP contribution is -1.98. The molecule has 3 nitrogen and oxygen atoms in total. The molecule has 4 heteroatoms. The number of aromatic hydroxyl groups is 1. The summed E-state index contributed by atoms with van der Waals surface area (Å²) in [6.45, 7) is 3.04. The van der Waals surface area contributed by atoms with E-state index in [0.29, 0.717) is 5.75 Å². The summed E-state index contributed by atoms with van der Waals surface area (Å²) in [6.07, 6.45) is 3.81. The van der Waals surface area contributed by atoms with Gasteiger partial charge in [-0.15, -0.1) is 11.8 Å². The predicted octanol–water partition coefficient (Wildman–Crippen LogP) is 2.90. The molecule has 0 saturated carbocycles. The Morgan fingerprint density at radius 1 is 1.44 bits per heavy atom. The van der Waals surface area contributed by atoms with Crippen LogP contribution in [0.1, 0.15) is 12.7 Å². The number of thioether (sulfide) groups is 1. The minimum absolute atomic E-state index is 0.309. The third-order valence-corrected chi connectivity index (χ3v) is 3.32. The molecular formula is C12H14N2OS. The van der Waals surface area contributed by atoms with Crippen LogP contribution in [0.25, 0.3) is 0 Å². The third-order valence-electron chi connectivity index (χ3n) is 2.33. The van der Waals surface area contributed by atoms with Crippen molar-refractivity contribution in [2.45, 2.75) is 24.1 Å². The molecule has 0 bridgehead atoms. The van der Waals surface area contributed by atoms with E-state index < -0.39 is 0 Å². The first kappa shape index (κ1) is 11.1. The second-order valence-electron chi connectivity index (χ2n) is 3.42. The molecule has 0 aliphatic rings. The van der Waals surface area contributed by atoms with Gasteiger partial charge in [-0.25, -0.2) is 4.98 Å². The topological polar surface area (TPSA) is 38.0 Å². The van der Waals surface area contributed by atoms with Crippen molar-refractivity contribution >= 4 is 11.8 Å². The summed E-state index contributed by atoms with van der Waals surface area (Å²) in [5.74, 6) is 2.20. The highest BCUT2D eigenvalue weighted by molar-refractivity contribution is 7.98. The van der Waals surface area contributed by atoms with E-state index in [1.807, 2.05) is 24.5 Å². The van der Waals surface area contributed by atoms with Crippen LogP contribution in [0.4, 0.5) is 0 Å². The summed E-state index contributed by atoms with van der Waals surface area (Å²) in [7, 11) is 0. The minimum atomic E-state index is 0.309. The van der Waals surface area contributed by atoms with E-state index in [2.05, 4.69) is 16.5 Å². The zero-order valence-electron chi connectivity index (χ0n) is 9.13. The van der Waals surface area contributed by atoms with Crippen LogP contribution in [-0.2, 0) is 12.3 Å². The van der Waals surface area contributed by atoms with Crippen molar-refractivity contribution in [2.24, 2.45) is 0 Å².